The molecule has 0 bridgehead atoms. The molecule has 0 aliphatic heterocycles. The number of hydrogen-bond acceptors (Lipinski definition) is 3. The summed E-state index contributed by atoms with van der Waals surface area (Å²) in [5.41, 5.74) is 9.33. The topological polar surface area (TPSA) is 79.2 Å². The largest absolute Gasteiger partial charge is 0.434 e. The molecule has 5 aromatic carbocycles. The molecule has 2 heterocycles. The minimum Gasteiger partial charge on any atom is -0.434 e. The van der Waals surface area contributed by atoms with Crippen molar-refractivity contribution >= 4 is 44.6 Å². The highest BCUT2D eigenvalue weighted by atomic mass is 16.3. The number of fused-ring (bicyclic) bond motifs is 5. The van der Waals surface area contributed by atoms with Gasteiger partial charge in [0.25, 0.3) is 0 Å². The van der Waals surface area contributed by atoms with Crippen LogP contribution >= 0.6 is 0 Å². The van der Waals surface area contributed by atoms with Gasteiger partial charge in [-0.1, -0.05) is 97.1 Å². The molecule has 0 unspecified atom stereocenters. The third-order valence-electron chi connectivity index (χ3n) is 6.75. The summed E-state index contributed by atoms with van der Waals surface area (Å²) in [4.78, 5) is 9.56. The molecule has 2 aromatic heterocycles. The van der Waals surface area contributed by atoms with Crippen LogP contribution in [-0.4, -0.2) is 21.3 Å². The fourth-order valence-electron chi connectivity index (χ4n) is 4.88. The summed E-state index contributed by atoms with van der Waals surface area (Å²) >= 11 is 0. The molecule has 6 heteroatoms. The lowest BCUT2D eigenvalue weighted by Crippen LogP contribution is -2.25. The van der Waals surface area contributed by atoms with Gasteiger partial charge in [-0.05, 0) is 30.3 Å². The second kappa shape index (κ2) is 9.43. The van der Waals surface area contributed by atoms with Gasteiger partial charge in [0.05, 0.1) is 5.52 Å². The van der Waals surface area contributed by atoms with E-state index in [0.717, 1.165) is 44.0 Å². The summed E-state index contributed by atoms with van der Waals surface area (Å²) < 4.78 is 8.42. The van der Waals surface area contributed by atoms with Gasteiger partial charge in [-0.3, -0.25) is 10.8 Å². The van der Waals surface area contributed by atoms with Crippen LogP contribution in [0.15, 0.2) is 137 Å². The van der Waals surface area contributed by atoms with Crippen molar-refractivity contribution in [1.82, 2.24) is 9.66 Å². The number of aliphatic imine (C=N–C) groups is 1. The van der Waals surface area contributed by atoms with Gasteiger partial charge < -0.3 is 4.42 Å². The first-order valence-corrected chi connectivity index (χ1v) is 12.7. The molecule has 7 aromatic rings. The van der Waals surface area contributed by atoms with Crippen LogP contribution in [0, 0.1) is 5.41 Å². The second-order valence-electron chi connectivity index (χ2n) is 9.20. The minimum absolute atomic E-state index is 0.166. The van der Waals surface area contributed by atoms with Gasteiger partial charge in [0.1, 0.15) is 11.0 Å². The molecule has 0 radical (unpaired) electrons. The molecule has 39 heavy (non-hydrogen) atoms. The van der Waals surface area contributed by atoms with E-state index in [4.69, 9.17) is 19.8 Å². The number of benzene rings is 5. The number of amidine groups is 2. The smallest absolute Gasteiger partial charge is 0.227 e. The van der Waals surface area contributed by atoms with Crippen molar-refractivity contribution < 1.29 is 4.42 Å². The van der Waals surface area contributed by atoms with E-state index in [9.17, 15) is 0 Å². The van der Waals surface area contributed by atoms with Gasteiger partial charge in [-0.15, -0.1) is 0 Å². The van der Waals surface area contributed by atoms with Crippen LogP contribution in [0.4, 0.5) is 0 Å². The molecule has 2 N–H and O–H groups in total. The van der Waals surface area contributed by atoms with Crippen LogP contribution in [0.1, 0.15) is 11.1 Å². The zero-order valence-corrected chi connectivity index (χ0v) is 20.9. The fourth-order valence-corrected chi connectivity index (χ4v) is 4.88. The van der Waals surface area contributed by atoms with E-state index < -0.39 is 0 Å². The van der Waals surface area contributed by atoms with Crippen LogP contribution < -0.4 is 5.43 Å². The maximum atomic E-state index is 8.73. The third-order valence-corrected chi connectivity index (χ3v) is 6.75. The maximum absolute atomic E-state index is 8.73. The SMILES string of the molecule is N=C(N=C(Nn1c2ccccc2c2ccc3nc(-c4ccccc4)oc3c21)c1ccccc1)c1ccccc1. The summed E-state index contributed by atoms with van der Waals surface area (Å²) in [5.74, 6) is 1.28. The number of hydrogen-bond donors (Lipinski definition) is 2. The predicted molar refractivity (Wildman–Crippen MR) is 158 cm³/mol. The third kappa shape index (κ3) is 4.04. The number of rotatable bonds is 4. The van der Waals surface area contributed by atoms with Crippen molar-refractivity contribution in [2.45, 2.75) is 0 Å². The molecule has 0 saturated carbocycles. The molecule has 0 saturated heterocycles. The average molecular weight is 506 g/mol. The monoisotopic (exact) mass is 505 g/mol. The van der Waals surface area contributed by atoms with E-state index in [0.29, 0.717) is 17.3 Å². The van der Waals surface area contributed by atoms with Gasteiger partial charge >= 0.3 is 0 Å². The Hall–Kier alpha value is -5.49. The Balaban J connectivity index is 1.46. The summed E-state index contributed by atoms with van der Waals surface area (Å²) in [6, 6.07) is 41.6. The number of nitrogens with one attached hydrogen (secondary N) is 2. The van der Waals surface area contributed by atoms with E-state index in [2.05, 4.69) is 23.6 Å². The summed E-state index contributed by atoms with van der Waals surface area (Å²) in [5, 5.41) is 10.8. The first-order chi connectivity index (χ1) is 19.3. The fraction of sp³-hybridized carbons (Fsp3) is 0. The number of nitrogens with zero attached hydrogens (tertiary/aromatic N) is 3. The van der Waals surface area contributed by atoms with Gasteiger partial charge in [0, 0.05) is 27.5 Å². The Morgan fingerprint density at radius 3 is 2.08 bits per heavy atom. The van der Waals surface area contributed by atoms with E-state index in [1.165, 1.54) is 0 Å². The minimum atomic E-state index is 0.166. The lowest BCUT2D eigenvalue weighted by atomic mass is 10.1. The molecular formula is C33H23N5O. The Labute approximate surface area is 224 Å². The van der Waals surface area contributed by atoms with Crippen LogP contribution in [0.2, 0.25) is 0 Å². The standard InChI is InChI=1S/C33H23N5O/c34-31(22-12-4-1-5-13-22)36-32(23-14-6-2-7-15-23)37-38-28-19-11-10-18-25(28)26-20-21-27-30(29(26)38)39-33(35-27)24-16-8-3-9-17-24/h1-21H,(H2,34,36,37). The molecule has 0 aliphatic carbocycles. The Bertz CT molecular complexity index is 1990. The maximum Gasteiger partial charge on any atom is 0.227 e. The lowest BCUT2D eigenvalue weighted by molar-refractivity contribution is 0.621. The molecule has 7 rings (SSSR count). The number of para-hydroxylation sites is 1. The first-order valence-electron chi connectivity index (χ1n) is 12.7. The van der Waals surface area contributed by atoms with E-state index in [-0.39, 0.29) is 5.84 Å². The Kier molecular flexibility index (Phi) is 5.49. The van der Waals surface area contributed by atoms with Gasteiger partial charge in [0.2, 0.25) is 5.89 Å². The summed E-state index contributed by atoms with van der Waals surface area (Å²) in [6.45, 7) is 0. The molecule has 0 aliphatic rings. The first kappa shape index (κ1) is 22.7. The molecule has 6 nitrogen and oxygen atoms in total. The number of aromatic nitrogens is 2. The summed E-state index contributed by atoms with van der Waals surface area (Å²) in [7, 11) is 0. The predicted octanol–water partition coefficient (Wildman–Crippen LogP) is 7.62. The molecule has 186 valence electrons. The van der Waals surface area contributed by atoms with Crippen molar-refractivity contribution in [3.05, 3.63) is 139 Å². The highest BCUT2D eigenvalue weighted by Gasteiger charge is 2.19. The zero-order valence-electron chi connectivity index (χ0n) is 20.9. The van der Waals surface area contributed by atoms with Crippen LogP contribution in [0.25, 0.3) is 44.4 Å². The van der Waals surface area contributed by atoms with Crippen LogP contribution in [0.5, 0.6) is 0 Å². The lowest BCUT2D eigenvalue weighted by Gasteiger charge is -2.14. The van der Waals surface area contributed by atoms with Crippen molar-refractivity contribution in [3.8, 4) is 11.5 Å². The van der Waals surface area contributed by atoms with Crippen molar-refractivity contribution in [1.29, 1.82) is 5.41 Å². The molecule has 0 spiro atoms. The van der Waals surface area contributed by atoms with E-state index in [1.807, 2.05) is 114 Å². The quantitative estimate of drug-likeness (QED) is 0.191. The van der Waals surface area contributed by atoms with Gasteiger partial charge in [0.15, 0.2) is 17.3 Å². The van der Waals surface area contributed by atoms with Gasteiger partial charge in [-0.25, -0.2) is 14.7 Å². The molecule has 0 fully saturated rings. The Morgan fingerprint density at radius 2 is 1.33 bits per heavy atom. The average Bonchev–Trinajstić information content (AvgIpc) is 3.58. The van der Waals surface area contributed by atoms with Gasteiger partial charge in [-0.2, -0.15) is 0 Å². The van der Waals surface area contributed by atoms with E-state index in [1.54, 1.807) is 0 Å². The summed E-state index contributed by atoms with van der Waals surface area (Å²) in [6.07, 6.45) is 0. The second-order valence-corrected chi connectivity index (χ2v) is 9.20. The molecule has 0 atom stereocenters. The molecular weight excluding hydrogens is 482 g/mol. The van der Waals surface area contributed by atoms with Crippen LogP contribution in [0.3, 0.4) is 0 Å². The van der Waals surface area contributed by atoms with Crippen molar-refractivity contribution in [3.63, 3.8) is 0 Å². The van der Waals surface area contributed by atoms with Crippen LogP contribution in [-0.2, 0) is 0 Å². The molecule has 0 amide bonds. The zero-order chi connectivity index (χ0) is 26.2. The number of oxazole rings is 1. The highest BCUT2D eigenvalue weighted by molar-refractivity contribution is 6.19. The Morgan fingerprint density at radius 1 is 0.692 bits per heavy atom. The van der Waals surface area contributed by atoms with E-state index >= 15 is 0 Å². The van der Waals surface area contributed by atoms with Crippen molar-refractivity contribution in [2.24, 2.45) is 4.99 Å². The highest BCUT2D eigenvalue weighted by Crippen LogP contribution is 2.35. The normalized spacial score (nSPS) is 11.8. The van der Waals surface area contributed by atoms with Crippen molar-refractivity contribution in [2.75, 3.05) is 5.43 Å².